The quantitative estimate of drug-likeness (QED) is 0.498. The molecule has 0 heterocycles. The average molecular weight is 453 g/mol. The fraction of sp³-hybridized carbons (Fsp3) is 0.423. The van der Waals surface area contributed by atoms with E-state index in [1.807, 2.05) is 57.2 Å². The van der Waals surface area contributed by atoms with Gasteiger partial charge in [-0.05, 0) is 34.6 Å². The lowest BCUT2D eigenvalue weighted by Gasteiger charge is -2.26. The minimum atomic E-state index is -0.980. The number of fused-ring (bicyclic) bond motifs is 3. The number of carboxylic acid groups (broad SMARTS) is 1. The van der Waals surface area contributed by atoms with Crippen molar-refractivity contribution < 1.29 is 24.2 Å². The highest BCUT2D eigenvalue weighted by Gasteiger charge is 2.31. The first kappa shape index (κ1) is 24.3. The minimum absolute atomic E-state index is 0.0703. The number of rotatable bonds is 10. The third kappa shape index (κ3) is 5.72. The first-order chi connectivity index (χ1) is 15.8. The topological polar surface area (TPSA) is 105 Å². The lowest BCUT2D eigenvalue weighted by Crippen LogP contribution is -2.53. The Bertz CT molecular complexity index is 960. The van der Waals surface area contributed by atoms with Crippen molar-refractivity contribution in [3.05, 3.63) is 59.7 Å². The molecule has 0 unspecified atom stereocenters. The number of hydrogen-bond donors (Lipinski definition) is 3. The van der Waals surface area contributed by atoms with Crippen LogP contribution in [0.5, 0.6) is 0 Å². The Morgan fingerprint density at radius 1 is 0.939 bits per heavy atom. The molecule has 33 heavy (non-hydrogen) atoms. The molecule has 2 aromatic carbocycles. The zero-order valence-corrected chi connectivity index (χ0v) is 19.3. The molecule has 0 spiro atoms. The van der Waals surface area contributed by atoms with Gasteiger partial charge in [0.15, 0.2) is 0 Å². The number of hydrogen-bond acceptors (Lipinski definition) is 4. The summed E-state index contributed by atoms with van der Waals surface area (Å²) >= 11 is 0. The molecule has 7 heteroatoms. The summed E-state index contributed by atoms with van der Waals surface area (Å²) in [6.45, 7) is 5.77. The van der Waals surface area contributed by atoms with Gasteiger partial charge < -0.3 is 20.5 Å². The van der Waals surface area contributed by atoms with Crippen molar-refractivity contribution in [1.29, 1.82) is 0 Å². The molecule has 3 N–H and O–H groups in total. The second kappa shape index (κ2) is 11.0. The first-order valence-corrected chi connectivity index (χ1v) is 11.5. The van der Waals surface area contributed by atoms with E-state index in [-0.39, 0.29) is 24.9 Å². The van der Waals surface area contributed by atoms with Gasteiger partial charge in [0.2, 0.25) is 5.91 Å². The van der Waals surface area contributed by atoms with Gasteiger partial charge in [-0.1, -0.05) is 75.7 Å². The Morgan fingerprint density at radius 2 is 1.52 bits per heavy atom. The van der Waals surface area contributed by atoms with Crippen molar-refractivity contribution in [2.24, 2.45) is 5.92 Å². The molecule has 3 atom stereocenters. The van der Waals surface area contributed by atoms with E-state index in [0.29, 0.717) is 12.8 Å². The van der Waals surface area contributed by atoms with Crippen LogP contribution in [0, 0.1) is 5.92 Å². The summed E-state index contributed by atoms with van der Waals surface area (Å²) < 4.78 is 5.59. The fourth-order valence-corrected chi connectivity index (χ4v) is 4.27. The van der Waals surface area contributed by atoms with Crippen molar-refractivity contribution >= 4 is 18.0 Å². The first-order valence-electron chi connectivity index (χ1n) is 11.5. The van der Waals surface area contributed by atoms with Crippen molar-refractivity contribution in [3.63, 3.8) is 0 Å². The summed E-state index contributed by atoms with van der Waals surface area (Å²) in [5.74, 6) is -1.59. The maximum atomic E-state index is 12.8. The number of benzene rings is 2. The van der Waals surface area contributed by atoms with Crippen molar-refractivity contribution in [2.45, 2.75) is 58.0 Å². The Hall–Kier alpha value is -3.35. The molecule has 2 aromatic rings. The summed E-state index contributed by atoms with van der Waals surface area (Å²) in [5, 5.41) is 14.5. The van der Waals surface area contributed by atoms with Gasteiger partial charge in [-0.3, -0.25) is 9.59 Å². The number of nitrogens with one attached hydrogen (secondary N) is 2. The smallest absolute Gasteiger partial charge is 0.407 e. The van der Waals surface area contributed by atoms with Gasteiger partial charge in [-0.15, -0.1) is 0 Å². The molecule has 0 saturated carbocycles. The summed E-state index contributed by atoms with van der Waals surface area (Å²) in [6.07, 6.45) is 0.317. The number of carbonyl (C=O) groups is 3. The number of carbonyl (C=O) groups excluding carboxylic acids is 2. The molecule has 0 radical (unpaired) electrons. The predicted molar refractivity (Wildman–Crippen MR) is 126 cm³/mol. The van der Waals surface area contributed by atoms with Crippen LogP contribution in [0.2, 0.25) is 0 Å². The van der Waals surface area contributed by atoms with Gasteiger partial charge in [0.05, 0.1) is 6.42 Å². The van der Waals surface area contributed by atoms with Crippen molar-refractivity contribution in [1.82, 2.24) is 10.6 Å². The van der Waals surface area contributed by atoms with Crippen molar-refractivity contribution in [2.75, 3.05) is 6.61 Å². The van der Waals surface area contributed by atoms with E-state index in [1.165, 1.54) is 0 Å². The Kier molecular flexibility index (Phi) is 8.09. The van der Waals surface area contributed by atoms with Gasteiger partial charge in [-0.25, -0.2) is 4.79 Å². The van der Waals surface area contributed by atoms with E-state index < -0.39 is 30.1 Å². The third-order valence-electron chi connectivity index (χ3n) is 6.37. The molecule has 7 nitrogen and oxygen atoms in total. The SMILES string of the molecule is CC[C@@H](CC(=O)O)NC(=O)[C@@H](NC(=O)OCC1c2ccccc2-c2ccccc21)[C@@H](C)CC. The highest BCUT2D eigenvalue weighted by atomic mass is 16.5. The second-order valence-corrected chi connectivity index (χ2v) is 8.54. The van der Waals surface area contributed by atoms with Crippen LogP contribution in [0.4, 0.5) is 4.79 Å². The molecule has 0 fully saturated rings. The van der Waals surface area contributed by atoms with Gasteiger partial charge in [0, 0.05) is 12.0 Å². The van der Waals surface area contributed by atoms with Gasteiger partial charge >= 0.3 is 12.1 Å². The Labute approximate surface area is 194 Å². The van der Waals surface area contributed by atoms with Gasteiger partial charge in [0.25, 0.3) is 0 Å². The summed E-state index contributed by atoms with van der Waals surface area (Å²) in [6, 6.07) is 14.9. The lowest BCUT2D eigenvalue weighted by atomic mass is 9.97. The van der Waals surface area contributed by atoms with E-state index >= 15 is 0 Å². The Balaban J connectivity index is 1.66. The Morgan fingerprint density at radius 3 is 2.03 bits per heavy atom. The lowest BCUT2D eigenvalue weighted by molar-refractivity contribution is -0.137. The predicted octanol–water partition coefficient (Wildman–Crippen LogP) is 4.31. The van der Waals surface area contributed by atoms with E-state index in [0.717, 1.165) is 22.3 Å². The van der Waals surface area contributed by atoms with E-state index in [2.05, 4.69) is 22.8 Å². The van der Waals surface area contributed by atoms with Crippen LogP contribution in [0.3, 0.4) is 0 Å². The molecule has 0 saturated heterocycles. The normalized spacial score (nSPS) is 15.0. The van der Waals surface area contributed by atoms with E-state index in [4.69, 9.17) is 9.84 Å². The van der Waals surface area contributed by atoms with Crippen LogP contribution in [-0.2, 0) is 14.3 Å². The van der Waals surface area contributed by atoms with Crippen LogP contribution >= 0.6 is 0 Å². The molecule has 0 aliphatic heterocycles. The molecule has 3 rings (SSSR count). The van der Waals surface area contributed by atoms with Gasteiger partial charge in [0.1, 0.15) is 12.6 Å². The van der Waals surface area contributed by atoms with Crippen LogP contribution in [0.1, 0.15) is 57.1 Å². The molecule has 1 aliphatic rings. The van der Waals surface area contributed by atoms with Crippen LogP contribution in [0.25, 0.3) is 11.1 Å². The molecule has 0 aromatic heterocycles. The largest absolute Gasteiger partial charge is 0.481 e. The number of alkyl carbamates (subject to hydrolysis) is 1. The monoisotopic (exact) mass is 452 g/mol. The second-order valence-electron chi connectivity index (χ2n) is 8.54. The number of amides is 2. The highest BCUT2D eigenvalue weighted by molar-refractivity contribution is 5.86. The third-order valence-corrected chi connectivity index (χ3v) is 6.37. The number of aliphatic carboxylic acids is 1. The standard InChI is InChI=1S/C26H32N2O5/c1-4-16(3)24(25(31)27-17(5-2)14-23(29)30)28-26(32)33-15-22-20-12-8-6-10-18(20)19-11-7-9-13-21(19)22/h6-13,16-17,22,24H,4-5,14-15H2,1-3H3,(H,27,31)(H,28,32)(H,29,30)/t16-,17-,24-/m0/s1. The van der Waals surface area contributed by atoms with Crippen LogP contribution in [-0.4, -0.2) is 41.8 Å². The molecule has 2 amide bonds. The van der Waals surface area contributed by atoms with Gasteiger partial charge in [-0.2, -0.15) is 0 Å². The summed E-state index contributed by atoms with van der Waals surface area (Å²) in [5.41, 5.74) is 4.51. The van der Waals surface area contributed by atoms with Crippen LogP contribution in [0.15, 0.2) is 48.5 Å². The maximum Gasteiger partial charge on any atom is 0.407 e. The zero-order chi connectivity index (χ0) is 24.0. The number of carboxylic acids is 1. The molecule has 176 valence electrons. The summed E-state index contributed by atoms with van der Waals surface area (Å²) in [7, 11) is 0. The molecular weight excluding hydrogens is 420 g/mol. The maximum absolute atomic E-state index is 12.8. The number of ether oxygens (including phenoxy) is 1. The van der Waals surface area contributed by atoms with Crippen LogP contribution < -0.4 is 10.6 Å². The highest BCUT2D eigenvalue weighted by Crippen LogP contribution is 2.44. The molecular formula is C26H32N2O5. The van der Waals surface area contributed by atoms with Crippen molar-refractivity contribution in [3.8, 4) is 11.1 Å². The van der Waals surface area contributed by atoms with E-state index in [9.17, 15) is 14.4 Å². The minimum Gasteiger partial charge on any atom is -0.481 e. The zero-order valence-electron chi connectivity index (χ0n) is 19.3. The van der Waals surface area contributed by atoms with E-state index in [1.54, 1.807) is 0 Å². The fourth-order valence-electron chi connectivity index (χ4n) is 4.27. The molecule has 0 bridgehead atoms. The average Bonchev–Trinajstić information content (AvgIpc) is 3.13. The molecule has 1 aliphatic carbocycles. The summed E-state index contributed by atoms with van der Waals surface area (Å²) in [4.78, 5) is 36.6.